The van der Waals surface area contributed by atoms with Gasteiger partial charge < -0.3 is 14.0 Å². The van der Waals surface area contributed by atoms with Gasteiger partial charge in [-0.05, 0) is 13.3 Å². The Bertz CT molecular complexity index is 275. The number of likely N-dealkylation sites (N-methyl/N-ethyl adjacent to an activating group) is 1. The van der Waals surface area contributed by atoms with Crippen molar-refractivity contribution in [2.45, 2.75) is 83.5 Å². The molecule has 126 valence electrons. The minimum atomic E-state index is -0.331. The maximum atomic E-state index is 6.15. The zero-order valence-electron chi connectivity index (χ0n) is 15.1. The fraction of sp³-hybridized carbons (Fsp3) is 1.00. The van der Waals surface area contributed by atoms with Crippen LogP contribution in [0.3, 0.4) is 0 Å². The Morgan fingerprint density at radius 1 is 0.952 bits per heavy atom. The van der Waals surface area contributed by atoms with Gasteiger partial charge in [0.25, 0.3) is 0 Å². The number of hydrogen-bond acceptors (Lipinski definition) is 2. The summed E-state index contributed by atoms with van der Waals surface area (Å²) in [5.74, 6) is -0.331. The molecule has 0 spiro atoms. The van der Waals surface area contributed by atoms with Gasteiger partial charge in [-0.3, -0.25) is 0 Å². The molecule has 0 aromatic rings. The van der Waals surface area contributed by atoms with Gasteiger partial charge in [0.2, 0.25) is 0 Å². The van der Waals surface area contributed by atoms with E-state index >= 15 is 0 Å². The topological polar surface area (TPSA) is 18.5 Å². The predicted octanol–water partition coefficient (Wildman–Crippen LogP) is 4.36. The maximum absolute atomic E-state index is 6.15. The van der Waals surface area contributed by atoms with Gasteiger partial charge >= 0.3 is 0 Å². The van der Waals surface area contributed by atoms with Crippen molar-refractivity contribution >= 4 is 0 Å². The third kappa shape index (κ3) is 8.80. The summed E-state index contributed by atoms with van der Waals surface area (Å²) in [4.78, 5) is 0. The highest BCUT2D eigenvalue weighted by Crippen LogP contribution is 2.29. The fourth-order valence-electron chi connectivity index (χ4n) is 3.10. The van der Waals surface area contributed by atoms with Crippen molar-refractivity contribution in [1.29, 1.82) is 0 Å². The van der Waals surface area contributed by atoms with E-state index in [1.165, 1.54) is 51.4 Å². The molecule has 1 heterocycles. The van der Waals surface area contributed by atoms with E-state index in [0.29, 0.717) is 0 Å². The van der Waals surface area contributed by atoms with Crippen LogP contribution < -0.4 is 0 Å². The molecule has 0 aromatic heterocycles. The van der Waals surface area contributed by atoms with Crippen LogP contribution in [0.2, 0.25) is 0 Å². The molecule has 21 heavy (non-hydrogen) atoms. The largest absolute Gasteiger partial charge is 0.347 e. The lowest BCUT2D eigenvalue weighted by atomic mass is 10.0. The lowest BCUT2D eigenvalue weighted by Crippen LogP contribution is -2.42. The first-order valence-electron chi connectivity index (χ1n) is 8.97. The van der Waals surface area contributed by atoms with Crippen molar-refractivity contribution in [3.8, 4) is 0 Å². The van der Waals surface area contributed by atoms with E-state index in [9.17, 15) is 0 Å². The standard InChI is InChI=1S/C18H38NO2/c1-6-7-8-9-10-11-12-13-14-18(2)20-16-17(21-18)15-19(3,4)5/h17H,6-16H2,1-5H3/q+1. The first-order valence-corrected chi connectivity index (χ1v) is 8.97. The molecule has 0 amide bonds. The van der Waals surface area contributed by atoms with Gasteiger partial charge in [0.15, 0.2) is 5.79 Å². The average molecular weight is 301 g/mol. The summed E-state index contributed by atoms with van der Waals surface area (Å²) < 4.78 is 13.0. The Morgan fingerprint density at radius 3 is 2.10 bits per heavy atom. The molecule has 0 aliphatic carbocycles. The molecule has 3 nitrogen and oxygen atoms in total. The van der Waals surface area contributed by atoms with E-state index in [4.69, 9.17) is 9.47 Å². The average Bonchev–Trinajstić information content (AvgIpc) is 2.72. The zero-order valence-corrected chi connectivity index (χ0v) is 15.1. The number of nitrogens with zero attached hydrogens (tertiary/aromatic N) is 1. The van der Waals surface area contributed by atoms with Crippen LogP contribution in [0.4, 0.5) is 0 Å². The highest BCUT2D eigenvalue weighted by Gasteiger charge is 2.38. The number of quaternary nitrogens is 1. The smallest absolute Gasteiger partial charge is 0.166 e. The lowest BCUT2D eigenvalue weighted by Gasteiger charge is -2.28. The summed E-state index contributed by atoms with van der Waals surface area (Å²) in [7, 11) is 6.62. The van der Waals surface area contributed by atoms with E-state index in [2.05, 4.69) is 35.0 Å². The molecule has 1 aliphatic heterocycles. The van der Waals surface area contributed by atoms with Gasteiger partial charge in [0.1, 0.15) is 12.6 Å². The van der Waals surface area contributed by atoms with Crippen molar-refractivity contribution < 1.29 is 14.0 Å². The van der Waals surface area contributed by atoms with Crippen molar-refractivity contribution in [3.05, 3.63) is 0 Å². The highest BCUT2D eigenvalue weighted by molar-refractivity contribution is 4.75. The van der Waals surface area contributed by atoms with Gasteiger partial charge in [0, 0.05) is 6.42 Å². The predicted molar refractivity (Wildman–Crippen MR) is 89.4 cm³/mol. The minimum absolute atomic E-state index is 0.254. The zero-order chi connectivity index (χ0) is 15.8. The van der Waals surface area contributed by atoms with Crippen LogP contribution >= 0.6 is 0 Å². The molecule has 2 atom stereocenters. The summed E-state index contributed by atoms with van der Waals surface area (Å²) in [5, 5.41) is 0. The summed E-state index contributed by atoms with van der Waals surface area (Å²) in [6, 6.07) is 0. The highest BCUT2D eigenvalue weighted by atomic mass is 16.7. The normalized spacial score (nSPS) is 26.4. The summed E-state index contributed by atoms with van der Waals surface area (Å²) in [5.41, 5.74) is 0. The molecule has 1 saturated heterocycles. The third-order valence-corrected chi connectivity index (χ3v) is 4.23. The second-order valence-corrected chi connectivity index (χ2v) is 7.88. The van der Waals surface area contributed by atoms with Crippen LogP contribution in [0.5, 0.6) is 0 Å². The SMILES string of the molecule is CCCCCCCCCCC1(C)OCC(C[N+](C)(C)C)O1. The molecule has 0 bridgehead atoms. The summed E-state index contributed by atoms with van der Waals surface area (Å²) in [6.07, 6.45) is 12.1. The number of rotatable bonds is 11. The molecule has 1 fully saturated rings. The van der Waals surface area contributed by atoms with E-state index in [1.807, 2.05) is 0 Å². The van der Waals surface area contributed by atoms with Crippen molar-refractivity contribution in [1.82, 2.24) is 0 Å². The summed E-state index contributed by atoms with van der Waals surface area (Å²) >= 11 is 0. The Hall–Kier alpha value is -0.120. The number of ether oxygens (including phenoxy) is 2. The summed E-state index contributed by atoms with van der Waals surface area (Å²) in [6.45, 7) is 6.16. The van der Waals surface area contributed by atoms with Crippen LogP contribution in [-0.4, -0.2) is 50.7 Å². The minimum Gasteiger partial charge on any atom is -0.347 e. The van der Waals surface area contributed by atoms with Crippen LogP contribution in [-0.2, 0) is 9.47 Å². The van der Waals surface area contributed by atoms with Crippen molar-refractivity contribution in [2.24, 2.45) is 0 Å². The first-order chi connectivity index (χ1) is 9.85. The Balaban J connectivity index is 2.07. The second kappa shape index (κ2) is 9.12. The monoisotopic (exact) mass is 300 g/mol. The quantitative estimate of drug-likeness (QED) is 0.417. The molecule has 0 N–H and O–H groups in total. The lowest BCUT2D eigenvalue weighted by molar-refractivity contribution is -0.873. The van der Waals surface area contributed by atoms with Gasteiger partial charge in [-0.1, -0.05) is 51.9 Å². The van der Waals surface area contributed by atoms with E-state index < -0.39 is 0 Å². The number of hydrogen-bond donors (Lipinski definition) is 0. The number of unbranched alkanes of at least 4 members (excludes halogenated alkanes) is 7. The maximum Gasteiger partial charge on any atom is 0.166 e. The molecule has 0 saturated carbocycles. The van der Waals surface area contributed by atoms with Crippen LogP contribution in [0.25, 0.3) is 0 Å². The molecule has 1 aliphatic rings. The van der Waals surface area contributed by atoms with E-state index in [0.717, 1.165) is 24.1 Å². The molecule has 2 unspecified atom stereocenters. The Kier molecular flexibility index (Phi) is 8.22. The Morgan fingerprint density at radius 2 is 1.52 bits per heavy atom. The molecule has 3 heteroatoms. The van der Waals surface area contributed by atoms with Gasteiger partial charge in [-0.15, -0.1) is 0 Å². The van der Waals surface area contributed by atoms with Crippen molar-refractivity contribution in [2.75, 3.05) is 34.3 Å². The molecular formula is C18H38NO2+. The molecular weight excluding hydrogens is 262 g/mol. The second-order valence-electron chi connectivity index (χ2n) is 7.88. The third-order valence-electron chi connectivity index (χ3n) is 4.23. The fourth-order valence-corrected chi connectivity index (χ4v) is 3.10. The molecule has 0 aromatic carbocycles. The van der Waals surface area contributed by atoms with Gasteiger partial charge in [-0.2, -0.15) is 0 Å². The first kappa shape index (κ1) is 18.9. The van der Waals surface area contributed by atoms with E-state index in [1.54, 1.807) is 0 Å². The van der Waals surface area contributed by atoms with E-state index in [-0.39, 0.29) is 11.9 Å². The van der Waals surface area contributed by atoms with Crippen molar-refractivity contribution in [3.63, 3.8) is 0 Å². The van der Waals surface area contributed by atoms with Gasteiger partial charge in [-0.25, -0.2) is 0 Å². The molecule has 1 rings (SSSR count). The Labute approximate surface area is 132 Å². The van der Waals surface area contributed by atoms with Crippen LogP contribution in [0.1, 0.15) is 71.6 Å². The van der Waals surface area contributed by atoms with Crippen LogP contribution in [0, 0.1) is 0 Å². The van der Waals surface area contributed by atoms with Crippen LogP contribution in [0.15, 0.2) is 0 Å². The molecule has 0 radical (unpaired) electrons. The van der Waals surface area contributed by atoms with Gasteiger partial charge in [0.05, 0.1) is 27.7 Å².